The van der Waals surface area contributed by atoms with Gasteiger partial charge in [-0.1, -0.05) is 63.2 Å². The Balaban J connectivity index is 1.53. The lowest BCUT2D eigenvalue weighted by molar-refractivity contribution is 0.0419. The SMILES string of the molecule is CC(C)(C)Cc1ccc2c(c1)C(NCC(O)[C@H](Cc1cc(F)cc(F)c1)NC(=O)OC(C)(C)C)CCN2C(=O)OCc1ccccc1. The highest BCUT2D eigenvalue weighted by Gasteiger charge is 2.32. The highest BCUT2D eigenvalue weighted by molar-refractivity contribution is 5.89. The monoisotopic (exact) mass is 651 g/mol. The topological polar surface area (TPSA) is 100 Å². The van der Waals surface area contributed by atoms with Crippen molar-refractivity contribution in [2.24, 2.45) is 5.41 Å². The van der Waals surface area contributed by atoms with Gasteiger partial charge >= 0.3 is 12.2 Å². The molecule has 0 bridgehead atoms. The van der Waals surface area contributed by atoms with Crippen LogP contribution in [-0.2, 0) is 28.9 Å². The summed E-state index contributed by atoms with van der Waals surface area (Å²) in [6, 6.07) is 17.5. The number of fused-ring (bicyclic) bond motifs is 1. The molecule has 0 saturated carbocycles. The van der Waals surface area contributed by atoms with Gasteiger partial charge in [0.1, 0.15) is 23.8 Å². The molecule has 1 aliphatic rings. The van der Waals surface area contributed by atoms with Gasteiger partial charge in [-0.25, -0.2) is 18.4 Å². The number of ether oxygens (including phenoxy) is 2. The summed E-state index contributed by atoms with van der Waals surface area (Å²) in [4.78, 5) is 27.6. The minimum absolute atomic E-state index is 0.0329. The number of carbonyl (C=O) groups excluding carboxylic acids is 2. The van der Waals surface area contributed by atoms with Gasteiger partial charge < -0.3 is 25.2 Å². The molecule has 0 aromatic heterocycles. The fourth-order valence-corrected chi connectivity index (χ4v) is 5.71. The van der Waals surface area contributed by atoms with Crippen molar-refractivity contribution in [3.8, 4) is 0 Å². The second kappa shape index (κ2) is 15.3. The Morgan fingerprint density at radius 1 is 0.936 bits per heavy atom. The van der Waals surface area contributed by atoms with Crippen molar-refractivity contribution in [2.75, 3.05) is 18.0 Å². The van der Waals surface area contributed by atoms with Crippen molar-refractivity contribution in [1.82, 2.24) is 10.6 Å². The van der Waals surface area contributed by atoms with Gasteiger partial charge in [0, 0.05) is 25.2 Å². The molecule has 8 nitrogen and oxygen atoms in total. The average Bonchev–Trinajstić information content (AvgIpc) is 2.96. The van der Waals surface area contributed by atoms with Crippen LogP contribution >= 0.6 is 0 Å². The quantitative estimate of drug-likeness (QED) is 0.214. The molecule has 254 valence electrons. The number of carbonyl (C=O) groups is 2. The van der Waals surface area contributed by atoms with Gasteiger partial charge in [-0.3, -0.25) is 4.90 Å². The van der Waals surface area contributed by atoms with E-state index < -0.39 is 41.6 Å². The van der Waals surface area contributed by atoms with E-state index in [4.69, 9.17) is 9.47 Å². The molecule has 1 aliphatic heterocycles. The molecule has 2 unspecified atom stereocenters. The van der Waals surface area contributed by atoms with Crippen LogP contribution in [0.15, 0.2) is 66.7 Å². The van der Waals surface area contributed by atoms with Crippen LogP contribution in [0.5, 0.6) is 0 Å². The lowest BCUT2D eigenvalue weighted by Gasteiger charge is -2.36. The maximum Gasteiger partial charge on any atom is 0.414 e. The van der Waals surface area contributed by atoms with Crippen LogP contribution in [0.25, 0.3) is 0 Å². The molecule has 3 aromatic carbocycles. The largest absolute Gasteiger partial charge is 0.444 e. The summed E-state index contributed by atoms with van der Waals surface area (Å²) in [7, 11) is 0. The molecular weight excluding hydrogens is 604 g/mol. The summed E-state index contributed by atoms with van der Waals surface area (Å²) in [5.74, 6) is -1.50. The summed E-state index contributed by atoms with van der Waals surface area (Å²) < 4.78 is 39.0. The van der Waals surface area contributed by atoms with Crippen molar-refractivity contribution in [3.05, 3.63) is 101 Å². The molecule has 0 radical (unpaired) electrons. The van der Waals surface area contributed by atoms with Gasteiger partial charge in [-0.2, -0.15) is 0 Å². The molecule has 0 fully saturated rings. The molecule has 3 N–H and O–H groups in total. The zero-order valence-electron chi connectivity index (χ0n) is 28.1. The van der Waals surface area contributed by atoms with Crippen LogP contribution in [-0.4, -0.2) is 48.1 Å². The van der Waals surface area contributed by atoms with Gasteiger partial charge in [-0.05, 0) is 85.9 Å². The Hall–Kier alpha value is -4.02. The number of aliphatic hydroxyl groups is 1. The summed E-state index contributed by atoms with van der Waals surface area (Å²) in [6.07, 6.45) is -1.02. The Labute approximate surface area is 276 Å². The van der Waals surface area contributed by atoms with Crippen LogP contribution in [0.3, 0.4) is 0 Å². The Kier molecular flexibility index (Phi) is 11.6. The number of halogens is 2. The molecule has 1 heterocycles. The van der Waals surface area contributed by atoms with E-state index in [1.165, 1.54) is 12.1 Å². The molecule has 0 aliphatic carbocycles. The van der Waals surface area contributed by atoms with E-state index in [1.807, 2.05) is 42.5 Å². The predicted molar refractivity (Wildman–Crippen MR) is 178 cm³/mol. The highest BCUT2D eigenvalue weighted by atomic mass is 19.1. The van der Waals surface area contributed by atoms with Crippen LogP contribution < -0.4 is 15.5 Å². The smallest absolute Gasteiger partial charge is 0.414 e. The number of anilines is 1. The van der Waals surface area contributed by atoms with Gasteiger partial charge in [0.2, 0.25) is 0 Å². The number of alkyl carbamates (subject to hydrolysis) is 1. The van der Waals surface area contributed by atoms with E-state index in [0.717, 1.165) is 34.9 Å². The number of hydrogen-bond donors (Lipinski definition) is 3. The maximum atomic E-state index is 14.0. The molecule has 4 rings (SSSR count). The fourth-order valence-electron chi connectivity index (χ4n) is 5.71. The second-order valence-electron chi connectivity index (χ2n) is 14.4. The van der Waals surface area contributed by atoms with Crippen LogP contribution in [0.4, 0.5) is 24.1 Å². The first kappa shape index (κ1) is 35.8. The van der Waals surface area contributed by atoms with Gasteiger partial charge in [0.25, 0.3) is 0 Å². The number of amides is 2. The first-order valence-corrected chi connectivity index (χ1v) is 16.0. The van der Waals surface area contributed by atoms with Crippen molar-refractivity contribution in [3.63, 3.8) is 0 Å². The fraction of sp³-hybridized carbons (Fsp3) is 0.459. The summed E-state index contributed by atoms with van der Waals surface area (Å²) in [5.41, 5.74) is 3.15. The molecule has 0 spiro atoms. The van der Waals surface area contributed by atoms with Gasteiger partial charge in [0.15, 0.2) is 0 Å². The van der Waals surface area contributed by atoms with Crippen molar-refractivity contribution in [1.29, 1.82) is 0 Å². The highest BCUT2D eigenvalue weighted by Crippen LogP contribution is 2.36. The van der Waals surface area contributed by atoms with Gasteiger partial charge in [-0.15, -0.1) is 0 Å². The van der Waals surface area contributed by atoms with Crippen LogP contribution in [0.1, 0.15) is 76.3 Å². The minimum Gasteiger partial charge on any atom is -0.444 e. The second-order valence-corrected chi connectivity index (χ2v) is 14.4. The van der Waals surface area contributed by atoms with E-state index in [0.29, 0.717) is 13.0 Å². The van der Waals surface area contributed by atoms with E-state index in [-0.39, 0.29) is 36.6 Å². The minimum atomic E-state index is -1.15. The van der Waals surface area contributed by atoms with Crippen LogP contribution in [0.2, 0.25) is 0 Å². The molecular formula is C37H47F2N3O5. The normalized spacial score (nSPS) is 16.2. The van der Waals surface area contributed by atoms with E-state index in [1.54, 1.807) is 25.7 Å². The standard InChI is InChI=1S/C37H47F2N3O5/c1-36(2,3)21-25-12-13-32-29(18-25)30(14-15-42(32)35(45)46-23-24-10-8-7-9-11-24)40-22-33(43)31(41-34(44)47-37(4,5)6)19-26-16-27(38)20-28(39)17-26/h7-13,16-18,20,30-31,33,40,43H,14-15,19,21-23H2,1-6H3,(H,41,44)/t30?,31-,33?/m0/s1. The molecule has 2 amide bonds. The first-order valence-electron chi connectivity index (χ1n) is 16.0. The zero-order valence-corrected chi connectivity index (χ0v) is 28.1. The van der Waals surface area contributed by atoms with Crippen molar-refractivity contribution in [2.45, 2.75) is 91.2 Å². The first-order chi connectivity index (χ1) is 22.1. The average molecular weight is 652 g/mol. The number of nitrogens with one attached hydrogen (secondary N) is 2. The Morgan fingerprint density at radius 3 is 2.26 bits per heavy atom. The lowest BCUT2D eigenvalue weighted by Crippen LogP contribution is -2.50. The van der Waals surface area contributed by atoms with Gasteiger partial charge in [0.05, 0.1) is 17.8 Å². The molecule has 0 saturated heterocycles. The third kappa shape index (κ3) is 11.0. The molecule has 3 atom stereocenters. The third-order valence-electron chi connectivity index (χ3n) is 7.68. The zero-order chi connectivity index (χ0) is 34.4. The Morgan fingerprint density at radius 2 is 1.62 bits per heavy atom. The Bertz CT molecular complexity index is 1500. The van der Waals surface area contributed by atoms with Crippen molar-refractivity contribution < 1.29 is 33.0 Å². The molecule has 47 heavy (non-hydrogen) atoms. The maximum absolute atomic E-state index is 14.0. The summed E-state index contributed by atoms with van der Waals surface area (Å²) >= 11 is 0. The number of rotatable bonds is 10. The van der Waals surface area contributed by atoms with E-state index in [2.05, 4.69) is 37.5 Å². The molecule has 3 aromatic rings. The summed E-state index contributed by atoms with van der Waals surface area (Å²) in [6.45, 7) is 12.2. The van der Waals surface area contributed by atoms with Crippen molar-refractivity contribution >= 4 is 17.9 Å². The number of hydrogen-bond acceptors (Lipinski definition) is 6. The van der Waals surface area contributed by atoms with E-state index in [9.17, 15) is 23.5 Å². The summed E-state index contributed by atoms with van der Waals surface area (Å²) in [5, 5.41) is 17.5. The van der Waals surface area contributed by atoms with E-state index >= 15 is 0 Å². The number of benzene rings is 3. The number of aliphatic hydroxyl groups excluding tert-OH is 1. The molecule has 10 heteroatoms. The number of nitrogens with zero attached hydrogens (tertiary/aromatic N) is 1. The van der Waals surface area contributed by atoms with Crippen LogP contribution in [0, 0.1) is 17.0 Å². The lowest BCUT2D eigenvalue weighted by atomic mass is 9.86. The predicted octanol–water partition coefficient (Wildman–Crippen LogP) is 7.23. The third-order valence-corrected chi connectivity index (χ3v) is 7.68.